The monoisotopic (exact) mass is 230 g/mol. The van der Waals surface area contributed by atoms with Gasteiger partial charge < -0.3 is 15.3 Å². The van der Waals surface area contributed by atoms with Gasteiger partial charge in [0, 0.05) is 25.7 Å². The number of carbonyl (C=O) groups is 1. The zero-order valence-electron chi connectivity index (χ0n) is 11.2. The molecule has 0 aliphatic heterocycles. The zero-order valence-corrected chi connectivity index (χ0v) is 11.2. The Labute approximate surface area is 99.0 Å². The van der Waals surface area contributed by atoms with Gasteiger partial charge in [-0.3, -0.25) is 4.79 Å². The molecule has 1 unspecified atom stereocenters. The number of carboxylic acids is 1. The molecule has 0 saturated heterocycles. The third kappa shape index (κ3) is 5.47. The smallest absolute Gasteiger partial charge is 0.310 e. The first-order valence-corrected chi connectivity index (χ1v) is 5.95. The molecule has 0 aromatic rings. The predicted octanol–water partition coefficient (Wildman–Crippen LogP) is 1.42. The van der Waals surface area contributed by atoms with E-state index in [0.29, 0.717) is 12.6 Å². The van der Waals surface area contributed by atoms with Gasteiger partial charge in [-0.1, -0.05) is 6.92 Å². The lowest BCUT2D eigenvalue weighted by atomic mass is 9.94. The summed E-state index contributed by atoms with van der Waals surface area (Å²) in [6, 6.07) is 0.578. The van der Waals surface area contributed by atoms with Crippen LogP contribution in [0.5, 0.6) is 0 Å². The fourth-order valence-corrected chi connectivity index (χ4v) is 1.26. The van der Waals surface area contributed by atoms with Crippen LogP contribution in [-0.2, 0) is 4.79 Å². The summed E-state index contributed by atoms with van der Waals surface area (Å²) in [6.07, 6.45) is 1.14. The second-order valence-corrected chi connectivity index (χ2v) is 5.10. The molecule has 0 fully saturated rings. The third-order valence-corrected chi connectivity index (χ3v) is 3.13. The van der Waals surface area contributed by atoms with Gasteiger partial charge in [0.15, 0.2) is 0 Å². The average Bonchev–Trinajstić information content (AvgIpc) is 2.22. The Morgan fingerprint density at radius 2 is 2.06 bits per heavy atom. The minimum absolute atomic E-state index is 0.511. The lowest BCUT2D eigenvalue weighted by Crippen LogP contribution is -2.40. The Kier molecular flexibility index (Phi) is 6.60. The third-order valence-electron chi connectivity index (χ3n) is 3.13. The van der Waals surface area contributed by atoms with Crippen LogP contribution in [-0.4, -0.2) is 48.7 Å². The highest BCUT2D eigenvalue weighted by molar-refractivity contribution is 5.73. The molecule has 1 atom stereocenters. The molecule has 0 aliphatic rings. The minimum Gasteiger partial charge on any atom is -0.481 e. The second-order valence-electron chi connectivity index (χ2n) is 5.10. The molecule has 0 rings (SSSR count). The van der Waals surface area contributed by atoms with Gasteiger partial charge in [0.25, 0.3) is 0 Å². The number of likely N-dealkylation sites (N-methyl/N-ethyl adjacent to an activating group) is 1. The van der Waals surface area contributed by atoms with Crippen molar-refractivity contribution < 1.29 is 9.90 Å². The largest absolute Gasteiger partial charge is 0.481 e. The number of hydrogen-bond donors (Lipinski definition) is 2. The van der Waals surface area contributed by atoms with E-state index in [2.05, 4.69) is 31.1 Å². The minimum atomic E-state index is -0.754. The molecule has 0 bridgehead atoms. The van der Waals surface area contributed by atoms with E-state index in [4.69, 9.17) is 5.11 Å². The Hall–Kier alpha value is -0.610. The first-order chi connectivity index (χ1) is 7.31. The molecule has 0 heterocycles. The van der Waals surface area contributed by atoms with E-state index >= 15 is 0 Å². The molecule has 16 heavy (non-hydrogen) atoms. The number of nitrogens with zero attached hydrogens (tertiary/aromatic N) is 1. The van der Waals surface area contributed by atoms with Crippen molar-refractivity contribution in [3.63, 3.8) is 0 Å². The van der Waals surface area contributed by atoms with E-state index in [-0.39, 0.29) is 0 Å². The molecule has 0 radical (unpaired) electrons. The molecule has 0 aliphatic carbocycles. The van der Waals surface area contributed by atoms with Crippen LogP contribution >= 0.6 is 0 Å². The van der Waals surface area contributed by atoms with Gasteiger partial charge in [-0.15, -0.1) is 0 Å². The van der Waals surface area contributed by atoms with Gasteiger partial charge in [0.1, 0.15) is 0 Å². The standard InChI is InChI=1S/C12H26N2O2/c1-6-10(2)14(5)8-7-13-9-12(3,4)11(15)16/h10,13H,6-9H2,1-5H3,(H,15,16). The van der Waals surface area contributed by atoms with E-state index in [9.17, 15) is 4.79 Å². The molecule has 0 spiro atoms. The molecule has 4 nitrogen and oxygen atoms in total. The SMILES string of the molecule is CCC(C)N(C)CCNCC(C)(C)C(=O)O. The second kappa shape index (κ2) is 6.86. The van der Waals surface area contributed by atoms with E-state index in [1.165, 1.54) is 0 Å². The predicted molar refractivity (Wildman–Crippen MR) is 66.7 cm³/mol. The van der Waals surface area contributed by atoms with Crippen LogP contribution in [0.4, 0.5) is 0 Å². The summed E-state index contributed by atoms with van der Waals surface area (Å²) in [7, 11) is 2.10. The maximum atomic E-state index is 10.9. The van der Waals surface area contributed by atoms with Crippen molar-refractivity contribution in [2.45, 2.75) is 40.2 Å². The topological polar surface area (TPSA) is 52.6 Å². The first kappa shape index (κ1) is 15.4. The molecule has 0 saturated carbocycles. The van der Waals surface area contributed by atoms with Crippen LogP contribution in [0.25, 0.3) is 0 Å². The van der Waals surface area contributed by atoms with Crippen molar-refractivity contribution >= 4 is 5.97 Å². The number of nitrogens with one attached hydrogen (secondary N) is 1. The molecule has 0 amide bonds. The highest BCUT2D eigenvalue weighted by Crippen LogP contribution is 2.12. The maximum absolute atomic E-state index is 10.9. The van der Waals surface area contributed by atoms with Crippen molar-refractivity contribution in [3.05, 3.63) is 0 Å². The summed E-state index contributed by atoms with van der Waals surface area (Å²) in [4.78, 5) is 13.1. The lowest BCUT2D eigenvalue weighted by molar-refractivity contribution is -0.146. The van der Waals surface area contributed by atoms with Crippen molar-refractivity contribution in [3.8, 4) is 0 Å². The van der Waals surface area contributed by atoms with Gasteiger partial charge in [-0.05, 0) is 34.2 Å². The van der Waals surface area contributed by atoms with Crippen LogP contribution < -0.4 is 5.32 Å². The Bertz CT molecular complexity index is 217. The molecule has 96 valence electrons. The van der Waals surface area contributed by atoms with Crippen LogP contribution in [0.1, 0.15) is 34.1 Å². The maximum Gasteiger partial charge on any atom is 0.310 e. The Morgan fingerprint density at radius 3 is 2.50 bits per heavy atom. The lowest BCUT2D eigenvalue weighted by Gasteiger charge is -2.25. The van der Waals surface area contributed by atoms with Crippen molar-refractivity contribution in [1.29, 1.82) is 0 Å². The van der Waals surface area contributed by atoms with Crippen LogP contribution in [0.15, 0.2) is 0 Å². The number of aliphatic carboxylic acids is 1. The van der Waals surface area contributed by atoms with E-state index in [1.54, 1.807) is 13.8 Å². The highest BCUT2D eigenvalue weighted by atomic mass is 16.4. The van der Waals surface area contributed by atoms with Crippen LogP contribution in [0.3, 0.4) is 0 Å². The summed E-state index contributed by atoms with van der Waals surface area (Å²) in [5.41, 5.74) is -0.686. The summed E-state index contributed by atoms with van der Waals surface area (Å²) < 4.78 is 0. The fraction of sp³-hybridized carbons (Fsp3) is 0.917. The Morgan fingerprint density at radius 1 is 1.50 bits per heavy atom. The van der Waals surface area contributed by atoms with Gasteiger partial charge in [-0.25, -0.2) is 0 Å². The first-order valence-electron chi connectivity index (χ1n) is 5.95. The molecular formula is C12H26N2O2. The van der Waals surface area contributed by atoms with Gasteiger partial charge in [0.2, 0.25) is 0 Å². The van der Waals surface area contributed by atoms with Crippen molar-refractivity contribution in [2.24, 2.45) is 5.41 Å². The van der Waals surface area contributed by atoms with Crippen LogP contribution in [0, 0.1) is 5.41 Å². The number of rotatable bonds is 8. The summed E-state index contributed by atoms with van der Waals surface area (Å²) >= 11 is 0. The summed E-state index contributed by atoms with van der Waals surface area (Å²) in [5, 5.41) is 12.1. The zero-order chi connectivity index (χ0) is 12.8. The van der Waals surface area contributed by atoms with E-state index in [0.717, 1.165) is 19.5 Å². The number of hydrogen-bond acceptors (Lipinski definition) is 3. The van der Waals surface area contributed by atoms with Crippen LogP contribution in [0.2, 0.25) is 0 Å². The Balaban J connectivity index is 3.72. The number of carboxylic acid groups (broad SMARTS) is 1. The molecule has 2 N–H and O–H groups in total. The van der Waals surface area contributed by atoms with Gasteiger partial charge in [0.05, 0.1) is 5.41 Å². The van der Waals surface area contributed by atoms with Crippen molar-refractivity contribution in [1.82, 2.24) is 10.2 Å². The molecule has 4 heteroatoms. The summed E-state index contributed by atoms with van der Waals surface area (Å²) in [6.45, 7) is 10.1. The van der Waals surface area contributed by atoms with E-state index in [1.807, 2.05) is 0 Å². The highest BCUT2D eigenvalue weighted by Gasteiger charge is 2.26. The van der Waals surface area contributed by atoms with Gasteiger partial charge >= 0.3 is 5.97 Å². The normalized spacial score (nSPS) is 14.1. The van der Waals surface area contributed by atoms with Crippen molar-refractivity contribution in [2.75, 3.05) is 26.7 Å². The molecule has 0 aromatic carbocycles. The molecule has 0 aromatic heterocycles. The van der Waals surface area contributed by atoms with E-state index < -0.39 is 11.4 Å². The quantitative estimate of drug-likeness (QED) is 0.619. The molecular weight excluding hydrogens is 204 g/mol. The average molecular weight is 230 g/mol. The fourth-order valence-electron chi connectivity index (χ4n) is 1.26. The van der Waals surface area contributed by atoms with Gasteiger partial charge in [-0.2, -0.15) is 0 Å². The summed E-state index contributed by atoms with van der Waals surface area (Å²) in [5.74, 6) is -0.754.